The SMILES string of the molecule is COC(=O)C(CCCC(C)(C)[N+](=O)[O-])NC(=O)OC(C)(C)C. The molecule has 0 fully saturated rings. The molecule has 1 atom stereocenters. The molecule has 0 aliphatic carbocycles. The van der Waals surface area contributed by atoms with E-state index in [-0.39, 0.29) is 17.8 Å². The van der Waals surface area contributed by atoms with Crippen LogP contribution in [-0.2, 0) is 14.3 Å². The Morgan fingerprint density at radius 1 is 1.23 bits per heavy atom. The minimum absolute atomic E-state index is 0.239. The molecule has 0 radical (unpaired) electrons. The van der Waals surface area contributed by atoms with Crippen molar-refractivity contribution in [3.63, 3.8) is 0 Å². The molecule has 8 heteroatoms. The van der Waals surface area contributed by atoms with Crippen molar-refractivity contribution in [1.29, 1.82) is 0 Å². The number of amides is 1. The molecule has 0 saturated carbocycles. The molecular formula is C14H26N2O6. The number of nitrogens with one attached hydrogen (secondary N) is 1. The fourth-order valence-corrected chi connectivity index (χ4v) is 1.67. The molecule has 0 saturated heterocycles. The van der Waals surface area contributed by atoms with Crippen molar-refractivity contribution in [1.82, 2.24) is 5.32 Å². The zero-order valence-corrected chi connectivity index (χ0v) is 14.1. The van der Waals surface area contributed by atoms with Gasteiger partial charge in [0.15, 0.2) is 0 Å². The second-order valence-electron chi connectivity index (χ2n) is 6.68. The number of carbonyl (C=O) groups is 2. The van der Waals surface area contributed by atoms with Crippen molar-refractivity contribution in [2.75, 3.05) is 7.11 Å². The Bertz CT molecular complexity index is 414. The predicted molar refractivity (Wildman–Crippen MR) is 80.1 cm³/mol. The van der Waals surface area contributed by atoms with Crippen LogP contribution in [0.2, 0.25) is 0 Å². The van der Waals surface area contributed by atoms with Crippen LogP contribution >= 0.6 is 0 Å². The Kier molecular flexibility index (Phi) is 7.28. The van der Waals surface area contributed by atoms with E-state index < -0.39 is 29.2 Å². The first-order valence-electron chi connectivity index (χ1n) is 7.11. The van der Waals surface area contributed by atoms with Gasteiger partial charge >= 0.3 is 12.1 Å². The molecule has 0 aliphatic rings. The summed E-state index contributed by atoms with van der Waals surface area (Å²) in [5, 5.41) is 13.3. The fraction of sp³-hybridized carbons (Fsp3) is 0.857. The van der Waals surface area contributed by atoms with E-state index in [1.807, 2.05) is 0 Å². The zero-order valence-electron chi connectivity index (χ0n) is 14.1. The molecule has 128 valence electrons. The smallest absolute Gasteiger partial charge is 0.408 e. The standard InChI is InChI=1S/C14H26N2O6/c1-13(2,3)22-12(18)15-10(11(17)21-6)8-7-9-14(4,5)16(19)20/h10H,7-9H2,1-6H3,(H,15,18). The van der Waals surface area contributed by atoms with Crippen molar-refractivity contribution in [2.24, 2.45) is 0 Å². The van der Waals surface area contributed by atoms with Crippen LogP contribution in [0.5, 0.6) is 0 Å². The van der Waals surface area contributed by atoms with Crippen molar-refractivity contribution < 1.29 is 24.0 Å². The molecule has 0 aromatic carbocycles. The Morgan fingerprint density at radius 3 is 2.18 bits per heavy atom. The molecule has 0 aliphatic heterocycles. The highest BCUT2D eigenvalue weighted by molar-refractivity contribution is 5.81. The molecule has 1 unspecified atom stereocenters. The number of ether oxygens (including phenoxy) is 2. The number of alkyl carbamates (subject to hydrolysis) is 1. The first-order chi connectivity index (χ1) is 9.89. The minimum atomic E-state index is -1.08. The van der Waals surface area contributed by atoms with Crippen LogP contribution < -0.4 is 5.32 Å². The lowest BCUT2D eigenvalue weighted by atomic mass is 9.96. The van der Waals surface area contributed by atoms with Gasteiger partial charge in [-0.25, -0.2) is 9.59 Å². The lowest BCUT2D eigenvalue weighted by Crippen LogP contribution is -2.44. The molecule has 0 rings (SSSR count). The highest BCUT2D eigenvalue weighted by atomic mass is 16.6. The predicted octanol–water partition coefficient (Wildman–Crippen LogP) is 2.28. The van der Waals surface area contributed by atoms with E-state index in [2.05, 4.69) is 10.1 Å². The average molecular weight is 318 g/mol. The molecule has 0 bridgehead atoms. The molecule has 8 nitrogen and oxygen atoms in total. The normalized spacial score (nSPS) is 13.2. The van der Waals surface area contributed by atoms with Gasteiger partial charge in [-0.2, -0.15) is 0 Å². The summed E-state index contributed by atoms with van der Waals surface area (Å²) in [7, 11) is 1.22. The summed E-state index contributed by atoms with van der Waals surface area (Å²) in [5.74, 6) is -0.607. The van der Waals surface area contributed by atoms with Gasteiger partial charge in [0.25, 0.3) is 0 Å². The van der Waals surface area contributed by atoms with Crippen LogP contribution in [0.4, 0.5) is 4.79 Å². The summed E-state index contributed by atoms with van der Waals surface area (Å²) in [5.41, 5.74) is -1.76. The first-order valence-corrected chi connectivity index (χ1v) is 7.11. The van der Waals surface area contributed by atoms with Gasteiger partial charge in [0.05, 0.1) is 7.11 Å². The third kappa shape index (κ3) is 7.80. The maximum Gasteiger partial charge on any atom is 0.408 e. The molecule has 0 aromatic rings. The van der Waals surface area contributed by atoms with Gasteiger partial charge in [0.1, 0.15) is 11.6 Å². The Hall–Kier alpha value is -1.86. The molecule has 1 N–H and O–H groups in total. The lowest BCUT2D eigenvalue weighted by molar-refractivity contribution is -0.561. The molecule has 0 spiro atoms. The number of carbonyl (C=O) groups excluding carboxylic acids is 2. The molecule has 0 aromatic heterocycles. The monoisotopic (exact) mass is 318 g/mol. The molecule has 1 amide bonds. The largest absolute Gasteiger partial charge is 0.467 e. The van der Waals surface area contributed by atoms with Gasteiger partial charge in [-0.15, -0.1) is 0 Å². The van der Waals surface area contributed by atoms with Gasteiger partial charge in [-0.1, -0.05) is 0 Å². The summed E-state index contributed by atoms with van der Waals surface area (Å²) in [6, 6.07) is -0.887. The zero-order chi connectivity index (χ0) is 17.6. The van der Waals surface area contributed by atoms with Crippen LogP contribution in [0.3, 0.4) is 0 Å². The van der Waals surface area contributed by atoms with E-state index in [9.17, 15) is 19.7 Å². The number of hydrogen-bond acceptors (Lipinski definition) is 6. The van der Waals surface area contributed by atoms with E-state index in [0.29, 0.717) is 6.42 Å². The van der Waals surface area contributed by atoms with E-state index in [1.54, 1.807) is 20.8 Å². The quantitative estimate of drug-likeness (QED) is 0.438. The third-order valence-electron chi connectivity index (χ3n) is 2.95. The topological polar surface area (TPSA) is 108 Å². The van der Waals surface area contributed by atoms with Gasteiger partial charge < -0.3 is 14.8 Å². The number of nitrogens with zero attached hydrogens (tertiary/aromatic N) is 1. The summed E-state index contributed by atoms with van der Waals surface area (Å²) in [4.78, 5) is 33.9. The summed E-state index contributed by atoms with van der Waals surface area (Å²) in [6.07, 6.45) is 0.187. The van der Waals surface area contributed by atoms with Crippen molar-refractivity contribution in [2.45, 2.75) is 71.1 Å². The maximum atomic E-state index is 11.7. The first kappa shape index (κ1) is 20.1. The number of rotatable bonds is 7. The highest BCUT2D eigenvalue weighted by Crippen LogP contribution is 2.18. The van der Waals surface area contributed by atoms with Crippen LogP contribution in [-0.4, -0.2) is 41.3 Å². The summed E-state index contributed by atoms with van der Waals surface area (Å²) in [6.45, 7) is 8.15. The third-order valence-corrected chi connectivity index (χ3v) is 2.95. The average Bonchev–Trinajstić information content (AvgIpc) is 2.34. The van der Waals surface area contributed by atoms with Crippen molar-refractivity contribution >= 4 is 12.1 Å². The van der Waals surface area contributed by atoms with Crippen LogP contribution in [0, 0.1) is 10.1 Å². The molecular weight excluding hydrogens is 292 g/mol. The number of methoxy groups -OCH3 is 1. The summed E-state index contributed by atoms with van der Waals surface area (Å²) < 4.78 is 9.71. The summed E-state index contributed by atoms with van der Waals surface area (Å²) >= 11 is 0. The Balaban J connectivity index is 4.58. The molecule has 0 heterocycles. The second kappa shape index (κ2) is 7.95. The molecule has 22 heavy (non-hydrogen) atoms. The number of esters is 1. The number of hydrogen-bond donors (Lipinski definition) is 1. The van der Waals surface area contributed by atoms with Gasteiger partial charge in [-0.3, -0.25) is 10.1 Å². The second-order valence-corrected chi connectivity index (χ2v) is 6.68. The van der Waals surface area contributed by atoms with E-state index in [4.69, 9.17) is 4.74 Å². The van der Waals surface area contributed by atoms with E-state index >= 15 is 0 Å². The maximum absolute atomic E-state index is 11.7. The fourth-order valence-electron chi connectivity index (χ4n) is 1.67. The van der Waals surface area contributed by atoms with Crippen LogP contribution in [0.25, 0.3) is 0 Å². The Morgan fingerprint density at radius 2 is 1.77 bits per heavy atom. The van der Waals surface area contributed by atoms with E-state index in [1.165, 1.54) is 21.0 Å². The van der Waals surface area contributed by atoms with Gasteiger partial charge in [0, 0.05) is 25.2 Å². The van der Waals surface area contributed by atoms with Crippen LogP contribution in [0.1, 0.15) is 53.9 Å². The van der Waals surface area contributed by atoms with Gasteiger partial charge in [0.2, 0.25) is 5.54 Å². The van der Waals surface area contributed by atoms with Crippen molar-refractivity contribution in [3.05, 3.63) is 10.1 Å². The van der Waals surface area contributed by atoms with Crippen molar-refractivity contribution in [3.8, 4) is 0 Å². The van der Waals surface area contributed by atoms with E-state index in [0.717, 1.165) is 0 Å². The van der Waals surface area contributed by atoms with Crippen LogP contribution in [0.15, 0.2) is 0 Å². The lowest BCUT2D eigenvalue weighted by Gasteiger charge is -2.23. The minimum Gasteiger partial charge on any atom is -0.467 e. The van der Waals surface area contributed by atoms with Gasteiger partial charge in [-0.05, 0) is 33.6 Å². The highest BCUT2D eigenvalue weighted by Gasteiger charge is 2.31. The Labute approximate surface area is 130 Å². The number of nitro groups is 1.